The molecule has 0 aromatic rings. The number of nitrogens with one attached hydrogen (secondary N) is 1. The molecule has 0 amide bonds. The van der Waals surface area contributed by atoms with Gasteiger partial charge >= 0.3 is 0 Å². The summed E-state index contributed by atoms with van der Waals surface area (Å²) in [5, 5.41) is 3.27. The number of hydrogen-bond acceptors (Lipinski definition) is 3. The monoisotopic (exact) mass is 288 g/mol. The molecule has 0 spiro atoms. The van der Waals surface area contributed by atoms with Crippen molar-refractivity contribution < 1.29 is 8.42 Å². The fourth-order valence-electron chi connectivity index (χ4n) is 2.29. The lowest BCUT2D eigenvalue weighted by atomic mass is 10.4. The van der Waals surface area contributed by atoms with Gasteiger partial charge in [-0.05, 0) is 63.5 Å². The summed E-state index contributed by atoms with van der Waals surface area (Å²) in [4.78, 5) is 0. The zero-order chi connectivity index (χ0) is 13.7. The first-order chi connectivity index (χ1) is 9.12. The van der Waals surface area contributed by atoms with E-state index in [0.29, 0.717) is 17.6 Å². The lowest BCUT2D eigenvalue weighted by molar-refractivity contribution is 0.381. The Balaban J connectivity index is 1.75. The highest BCUT2D eigenvalue weighted by molar-refractivity contribution is 7.89. The van der Waals surface area contributed by atoms with Gasteiger partial charge in [-0.15, -0.1) is 0 Å². The van der Waals surface area contributed by atoms with Crippen molar-refractivity contribution in [1.82, 2.24) is 9.62 Å². The Kier molecular flexibility index (Phi) is 5.66. The molecule has 19 heavy (non-hydrogen) atoms. The summed E-state index contributed by atoms with van der Waals surface area (Å²) in [6.45, 7) is 5.47. The Labute approximate surface area is 118 Å². The lowest BCUT2D eigenvalue weighted by Gasteiger charge is -2.22. The van der Waals surface area contributed by atoms with Gasteiger partial charge in [-0.25, -0.2) is 12.7 Å². The molecular formula is C14H28N2O2S. The molecule has 2 fully saturated rings. The second-order valence-corrected chi connectivity index (χ2v) is 8.21. The standard InChI is InChI=1S/C14H28N2O2S/c1-2-8-15-9-3-10-19(17,18)16(11-13-4-5-13)12-14-6-7-14/h13-15H,2-12H2,1H3. The summed E-state index contributed by atoms with van der Waals surface area (Å²) >= 11 is 0. The van der Waals surface area contributed by atoms with Crippen molar-refractivity contribution in [3.63, 3.8) is 0 Å². The maximum absolute atomic E-state index is 12.4. The first-order valence-corrected chi connectivity index (χ1v) is 9.41. The molecule has 2 aliphatic rings. The Bertz CT molecular complexity index is 348. The first-order valence-electron chi connectivity index (χ1n) is 7.80. The van der Waals surface area contributed by atoms with Gasteiger partial charge < -0.3 is 5.32 Å². The van der Waals surface area contributed by atoms with Crippen molar-refractivity contribution in [2.24, 2.45) is 11.8 Å². The fraction of sp³-hybridized carbons (Fsp3) is 1.00. The van der Waals surface area contributed by atoms with Crippen molar-refractivity contribution in [2.45, 2.75) is 45.4 Å². The Morgan fingerprint density at radius 2 is 1.63 bits per heavy atom. The molecule has 1 N–H and O–H groups in total. The number of rotatable bonds is 11. The average Bonchev–Trinajstić information content (AvgIpc) is 3.22. The van der Waals surface area contributed by atoms with E-state index >= 15 is 0 Å². The van der Waals surface area contributed by atoms with Crippen molar-refractivity contribution in [2.75, 3.05) is 31.9 Å². The molecule has 0 radical (unpaired) electrons. The smallest absolute Gasteiger partial charge is 0.214 e. The summed E-state index contributed by atoms with van der Waals surface area (Å²) in [6, 6.07) is 0. The van der Waals surface area contributed by atoms with E-state index in [1.54, 1.807) is 4.31 Å². The van der Waals surface area contributed by atoms with E-state index in [-0.39, 0.29) is 0 Å². The van der Waals surface area contributed by atoms with Gasteiger partial charge in [0.05, 0.1) is 5.75 Å². The zero-order valence-electron chi connectivity index (χ0n) is 12.1. The molecular weight excluding hydrogens is 260 g/mol. The van der Waals surface area contributed by atoms with Crippen LogP contribution in [0.1, 0.15) is 45.4 Å². The third-order valence-corrected chi connectivity index (χ3v) is 5.78. The molecule has 2 rings (SSSR count). The van der Waals surface area contributed by atoms with Crippen LogP contribution in [0.15, 0.2) is 0 Å². The SMILES string of the molecule is CCCNCCCS(=O)(=O)N(CC1CC1)CC1CC1. The van der Waals surface area contributed by atoms with Crippen LogP contribution in [0.3, 0.4) is 0 Å². The van der Waals surface area contributed by atoms with Crippen molar-refractivity contribution in [3.8, 4) is 0 Å². The second kappa shape index (κ2) is 7.04. The fourth-order valence-corrected chi connectivity index (χ4v) is 3.93. The molecule has 0 bridgehead atoms. The maximum atomic E-state index is 12.4. The van der Waals surface area contributed by atoms with E-state index in [9.17, 15) is 8.42 Å². The highest BCUT2D eigenvalue weighted by atomic mass is 32.2. The molecule has 0 atom stereocenters. The molecule has 0 aromatic heterocycles. The van der Waals surface area contributed by atoms with Gasteiger partial charge in [0, 0.05) is 13.1 Å². The van der Waals surface area contributed by atoms with E-state index in [4.69, 9.17) is 0 Å². The van der Waals surface area contributed by atoms with Crippen LogP contribution in [0, 0.1) is 11.8 Å². The molecule has 0 heterocycles. The van der Waals surface area contributed by atoms with E-state index in [2.05, 4.69) is 12.2 Å². The minimum Gasteiger partial charge on any atom is -0.317 e. The molecule has 0 aliphatic heterocycles. The maximum Gasteiger partial charge on any atom is 0.214 e. The van der Waals surface area contributed by atoms with Crippen LogP contribution in [-0.4, -0.2) is 44.7 Å². The van der Waals surface area contributed by atoms with Gasteiger partial charge in [-0.3, -0.25) is 0 Å². The molecule has 0 unspecified atom stereocenters. The van der Waals surface area contributed by atoms with Crippen LogP contribution in [0.2, 0.25) is 0 Å². The van der Waals surface area contributed by atoms with Gasteiger partial charge in [0.25, 0.3) is 0 Å². The van der Waals surface area contributed by atoms with E-state index in [1.165, 1.54) is 25.7 Å². The Hall–Kier alpha value is -0.130. The zero-order valence-corrected chi connectivity index (χ0v) is 12.9. The van der Waals surface area contributed by atoms with Crippen LogP contribution in [0.4, 0.5) is 0 Å². The first kappa shape index (κ1) is 15.3. The molecule has 0 saturated heterocycles. The van der Waals surface area contributed by atoms with E-state index in [0.717, 1.165) is 39.0 Å². The Morgan fingerprint density at radius 3 is 2.11 bits per heavy atom. The van der Waals surface area contributed by atoms with E-state index in [1.807, 2.05) is 0 Å². The van der Waals surface area contributed by atoms with Gasteiger partial charge in [-0.1, -0.05) is 6.92 Å². The number of sulfonamides is 1. The summed E-state index contributed by atoms with van der Waals surface area (Å²) in [5.41, 5.74) is 0. The predicted octanol–water partition coefficient (Wildman–Crippen LogP) is 1.83. The third-order valence-electron chi connectivity index (χ3n) is 3.89. The quantitative estimate of drug-likeness (QED) is 0.590. The van der Waals surface area contributed by atoms with Crippen LogP contribution in [0.5, 0.6) is 0 Å². The minimum atomic E-state index is -3.03. The molecule has 4 nitrogen and oxygen atoms in total. The van der Waals surface area contributed by atoms with Crippen LogP contribution >= 0.6 is 0 Å². The number of hydrogen-bond donors (Lipinski definition) is 1. The number of nitrogens with zero attached hydrogens (tertiary/aromatic N) is 1. The average molecular weight is 288 g/mol. The molecule has 0 aromatic carbocycles. The summed E-state index contributed by atoms with van der Waals surface area (Å²) < 4.78 is 26.6. The Morgan fingerprint density at radius 1 is 1.05 bits per heavy atom. The highest BCUT2D eigenvalue weighted by Crippen LogP contribution is 2.34. The van der Waals surface area contributed by atoms with Crippen molar-refractivity contribution in [3.05, 3.63) is 0 Å². The molecule has 112 valence electrons. The van der Waals surface area contributed by atoms with Crippen LogP contribution in [0.25, 0.3) is 0 Å². The third kappa shape index (κ3) is 5.79. The highest BCUT2D eigenvalue weighted by Gasteiger charge is 2.34. The van der Waals surface area contributed by atoms with Crippen LogP contribution < -0.4 is 5.32 Å². The molecule has 5 heteroatoms. The van der Waals surface area contributed by atoms with Gasteiger partial charge in [-0.2, -0.15) is 0 Å². The van der Waals surface area contributed by atoms with Crippen molar-refractivity contribution in [1.29, 1.82) is 0 Å². The summed E-state index contributed by atoms with van der Waals surface area (Å²) in [5.74, 6) is 1.60. The minimum absolute atomic E-state index is 0.309. The second-order valence-electron chi connectivity index (χ2n) is 6.12. The summed E-state index contributed by atoms with van der Waals surface area (Å²) in [6.07, 6.45) is 6.70. The predicted molar refractivity (Wildman–Crippen MR) is 78.6 cm³/mol. The van der Waals surface area contributed by atoms with E-state index < -0.39 is 10.0 Å². The molecule has 2 aliphatic carbocycles. The lowest BCUT2D eigenvalue weighted by Crippen LogP contribution is -2.37. The van der Waals surface area contributed by atoms with Gasteiger partial charge in [0.15, 0.2) is 0 Å². The normalized spacial score (nSPS) is 20.1. The largest absolute Gasteiger partial charge is 0.317 e. The van der Waals surface area contributed by atoms with Crippen LogP contribution in [-0.2, 0) is 10.0 Å². The van der Waals surface area contributed by atoms with Crippen molar-refractivity contribution >= 4 is 10.0 Å². The molecule has 2 saturated carbocycles. The summed E-state index contributed by atoms with van der Waals surface area (Å²) in [7, 11) is -3.03. The van der Waals surface area contributed by atoms with Gasteiger partial charge in [0.2, 0.25) is 10.0 Å². The van der Waals surface area contributed by atoms with Gasteiger partial charge in [0.1, 0.15) is 0 Å². The topological polar surface area (TPSA) is 49.4 Å².